The van der Waals surface area contributed by atoms with Crippen molar-refractivity contribution in [1.29, 1.82) is 0 Å². The Bertz CT molecular complexity index is 97.2. The molecule has 1 heteroatoms. The standard InChI is InChI=1S/C11H23P/c1-3-5-7-9-11-12-10-8-6-4-2/h9,11-12H,3-8,10H2,1-2H3/b11-9+. The van der Waals surface area contributed by atoms with Crippen LogP contribution in [0.3, 0.4) is 0 Å². The van der Waals surface area contributed by atoms with Gasteiger partial charge in [-0.15, -0.1) is 0 Å². The molecule has 0 bridgehead atoms. The summed E-state index contributed by atoms with van der Waals surface area (Å²) in [5.74, 6) is 2.38. The van der Waals surface area contributed by atoms with Crippen molar-refractivity contribution in [2.24, 2.45) is 0 Å². The second-order valence-electron chi connectivity index (χ2n) is 3.21. The van der Waals surface area contributed by atoms with Gasteiger partial charge in [0.25, 0.3) is 0 Å². The molecule has 0 amide bonds. The Morgan fingerprint density at radius 3 is 2.42 bits per heavy atom. The van der Waals surface area contributed by atoms with Crippen LogP contribution in [0.25, 0.3) is 0 Å². The van der Waals surface area contributed by atoms with E-state index in [0.29, 0.717) is 0 Å². The summed E-state index contributed by atoms with van der Waals surface area (Å²) in [6, 6.07) is 0. The fourth-order valence-corrected chi connectivity index (χ4v) is 2.00. The van der Waals surface area contributed by atoms with E-state index in [1.807, 2.05) is 0 Å². The lowest BCUT2D eigenvalue weighted by Gasteiger charge is -1.94. The van der Waals surface area contributed by atoms with E-state index in [-0.39, 0.29) is 0 Å². The Balaban J connectivity index is 2.92. The predicted octanol–water partition coefficient (Wildman–Crippen LogP) is 4.56. The number of unbranched alkanes of at least 4 members (excludes halogenated alkanes) is 4. The van der Waals surface area contributed by atoms with Gasteiger partial charge in [0.1, 0.15) is 0 Å². The van der Waals surface area contributed by atoms with E-state index in [1.165, 1.54) is 44.7 Å². The second-order valence-corrected chi connectivity index (χ2v) is 4.45. The van der Waals surface area contributed by atoms with Crippen LogP contribution in [0.5, 0.6) is 0 Å². The number of allylic oxidation sites excluding steroid dienone is 1. The monoisotopic (exact) mass is 186 g/mol. The minimum Gasteiger partial charge on any atom is -0.0987 e. The third kappa shape index (κ3) is 10.2. The molecule has 0 aliphatic rings. The van der Waals surface area contributed by atoms with E-state index in [1.54, 1.807) is 0 Å². The lowest BCUT2D eigenvalue weighted by atomic mass is 10.2. The van der Waals surface area contributed by atoms with Crippen LogP contribution in [-0.2, 0) is 0 Å². The molecule has 0 aliphatic carbocycles. The topological polar surface area (TPSA) is 0 Å². The summed E-state index contributed by atoms with van der Waals surface area (Å²) in [6.45, 7) is 4.51. The highest BCUT2D eigenvalue weighted by Gasteiger charge is 1.83. The minimum atomic E-state index is 1.07. The van der Waals surface area contributed by atoms with Crippen LogP contribution in [0, 0.1) is 0 Å². The quantitative estimate of drug-likeness (QED) is 0.385. The van der Waals surface area contributed by atoms with Crippen molar-refractivity contribution in [2.45, 2.75) is 52.4 Å². The summed E-state index contributed by atoms with van der Waals surface area (Å²) >= 11 is 0. The molecular formula is C11H23P. The van der Waals surface area contributed by atoms with Crippen molar-refractivity contribution in [3.63, 3.8) is 0 Å². The molecule has 0 aromatic heterocycles. The fourth-order valence-electron chi connectivity index (χ4n) is 1.05. The van der Waals surface area contributed by atoms with Gasteiger partial charge in [-0.3, -0.25) is 0 Å². The zero-order chi connectivity index (χ0) is 9.07. The molecular weight excluding hydrogens is 163 g/mol. The third-order valence-electron chi connectivity index (χ3n) is 1.88. The molecule has 0 saturated heterocycles. The highest BCUT2D eigenvalue weighted by molar-refractivity contribution is 7.41. The summed E-state index contributed by atoms with van der Waals surface area (Å²) in [5, 5.41) is 0. The van der Waals surface area contributed by atoms with Gasteiger partial charge in [-0.1, -0.05) is 60.0 Å². The van der Waals surface area contributed by atoms with Gasteiger partial charge < -0.3 is 0 Å². The Morgan fingerprint density at radius 1 is 1.00 bits per heavy atom. The molecule has 72 valence electrons. The maximum atomic E-state index is 2.38. The molecule has 0 nitrogen and oxygen atoms in total. The van der Waals surface area contributed by atoms with Gasteiger partial charge in [0, 0.05) is 0 Å². The first-order valence-corrected chi connectivity index (χ1v) is 6.58. The van der Waals surface area contributed by atoms with Gasteiger partial charge in [0.05, 0.1) is 0 Å². The Labute approximate surface area is 79.6 Å². The van der Waals surface area contributed by atoms with Crippen LogP contribution < -0.4 is 0 Å². The summed E-state index contributed by atoms with van der Waals surface area (Å²) in [4.78, 5) is 0. The maximum absolute atomic E-state index is 2.38. The molecule has 0 fully saturated rings. The number of hydrogen-bond acceptors (Lipinski definition) is 0. The zero-order valence-corrected chi connectivity index (χ0v) is 9.60. The van der Waals surface area contributed by atoms with Crippen molar-refractivity contribution in [2.75, 3.05) is 6.16 Å². The SMILES string of the molecule is CCCC/C=C/PCCCCC. The van der Waals surface area contributed by atoms with E-state index in [0.717, 1.165) is 8.58 Å². The minimum absolute atomic E-state index is 1.07. The van der Waals surface area contributed by atoms with Gasteiger partial charge in [-0.05, 0) is 19.0 Å². The largest absolute Gasteiger partial charge is 0.0987 e. The molecule has 0 aliphatic heterocycles. The zero-order valence-electron chi connectivity index (χ0n) is 8.60. The molecule has 0 aromatic rings. The van der Waals surface area contributed by atoms with Gasteiger partial charge in [0.2, 0.25) is 0 Å². The highest BCUT2D eigenvalue weighted by atomic mass is 31.1. The average Bonchev–Trinajstić information content (AvgIpc) is 2.10. The van der Waals surface area contributed by atoms with E-state index in [9.17, 15) is 0 Å². The van der Waals surface area contributed by atoms with E-state index >= 15 is 0 Å². The Hall–Kier alpha value is 0.170. The number of hydrogen-bond donors (Lipinski definition) is 0. The van der Waals surface area contributed by atoms with Crippen LogP contribution >= 0.6 is 8.58 Å². The van der Waals surface area contributed by atoms with Crippen LogP contribution in [0.1, 0.15) is 52.4 Å². The van der Waals surface area contributed by atoms with Gasteiger partial charge in [-0.2, -0.15) is 0 Å². The van der Waals surface area contributed by atoms with Crippen molar-refractivity contribution in [3.8, 4) is 0 Å². The summed E-state index contributed by atoms with van der Waals surface area (Å²) in [6.07, 6.45) is 11.9. The second kappa shape index (κ2) is 11.2. The molecule has 0 spiro atoms. The molecule has 0 heterocycles. The van der Waals surface area contributed by atoms with Crippen LogP contribution in [0.4, 0.5) is 0 Å². The van der Waals surface area contributed by atoms with Crippen molar-refractivity contribution < 1.29 is 0 Å². The molecule has 0 saturated carbocycles. The Kier molecular flexibility index (Phi) is 11.3. The highest BCUT2D eigenvalue weighted by Crippen LogP contribution is 2.15. The van der Waals surface area contributed by atoms with Crippen LogP contribution in [0.2, 0.25) is 0 Å². The summed E-state index contributed by atoms with van der Waals surface area (Å²) in [5.41, 5.74) is 0. The maximum Gasteiger partial charge on any atom is -0.0319 e. The van der Waals surface area contributed by atoms with Gasteiger partial charge in [0.15, 0.2) is 0 Å². The summed E-state index contributed by atoms with van der Waals surface area (Å²) < 4.78 is 0. The van der Waals surface area contributed by atoms with Crippen LogP contribution in [-0.4, -0.2) is 6.16 Å². The molecule has 0 N–H and O–H groups in total. The average molecular weight is 186 g/mol. The van der Waals surface area contributed by atoms with Crippen molar-refractivity contribution in [3.05, 3.63) is 11.9 Å². The van der Waals surface area contributed by atoms with Crippen LogP contribution in [0.15, 0.2) is 11.9 Å². The van der Waals surface area contributed by atoms with E-state index < -0.39 is 0 Å². The first-order chi connectivity index (χ1) is 5.91. The van der Waals surface area contributed by atoms with E-state index in [2.05, 4.69) is 25.7 Å². The normalized spacial score (nSPS) is 12.2. The Morgan fingerprint density at radius 2 is 1.75 bits per heavy atom. The van der Waals surface area contributed by atoms with Crippen molar-refractivity contribution in [1.82, 2.24) is 0 Å². The smallest absolute Gasteiger partial charge is 0.0319 e. The third-order valence-corrected chi connectivity index (χ3v) is 3.00. The lowest BCUT2D eigenvalue weighted by Crippen LogP contribution is -1.74. The first-order valence-electron chi connectivity index (χ1n) is 5.30. The molecule has 0 aromatic carbocycles. The van der Waals surface area contributed by atoms with Crippen molar-refractivity contribution >= 4 is 8.58 Å². The first kappa shape index (κ1) is 12.2. The lowest BCUT2D eigenvalue weighted by molar-refractivity contribution is 0.778. The molecule has 1 atom stereocenters. The molecule has 0 radical (unpaired) electrons. The van der Waals surface area contributed by atoms with E-state index in [4.69, 9.17) is 0 Å². The molecule has 0 rings (SSSR count). The number of rotatable bonds is 8. The fraction of sp³-hybridized carbons (Fsp3) is 0.818. The molecule has 12 heavy (non-hydrogen) atoms. The van der Waals surface area contributed by atoms with Gasteiger partial charge >= 0.3 is 0 Å². The predicted molar refractivity (Wildman–Crippen MR) is 61.4 cm³/mol. The molecule has 1 unspecified atom stereocenters. The summed E-state index contributed by atoms with van der Waals surface area (Å²) in [7, 11) is 1.07. The van der Waals surface area contributed by atoms with Gasteiger partial charge in [-0.25, -0.2) is 0 Å².